The van der Waals surface area contributed by atoms with Crippen molar-refractivity contribution in [2.45, 2.75) is 12.5 Å². The van der Waals surface area contributed by atoms with Gasteiger partial charge in [-0.05, 0) is 24.1 Å². The van der Waals surface area contributed by atoms with Crippen LogP contribution in [0.1, 0.15) is 5.56 Å². The van der Waals surface area contributed by atoms with Crippen molar-refractivity contribution >= 4 is 17.5 Å². The van der Waals surface area contributed by atoms with E-state index < -0.39 is 0 Å². The van der Waals surface area contributed by atoms with E-state index in [1.807, 2.05) is 47.4 Å². The second-order valence-electron chi connectivity index (χ2n) is 7.24. The molecule has 0 radical (unpaired) electrons. The first-order valence-corrected chi connectivity index (χ1v) is 9.40. The number of amides is 2. The zero-order valence-corrected chi connectivity index (χ0v) is 16.7. The van der Waals surface area contributed by atoms with Gasteiger partial charge in [-0.15, -0.1) is 0 Å². The number of rotatable bonds is 6. The highest BCUT2D eigenvalue weighted by atomic mass is 16.5. The van der Waals surface area contributed by atoms with Gasteiger partial charge in [-0.1, -0.05) is 36.4 Å². The third kappa shape index (κ3) is 4.70. The number of hydrogen-bond acceptors (Lipinski definition) is 4. The number of carbonyl (C=O) groups excluding carboxylic acids is 2. The highest BCUT2D eigenvalue weighted by Gasteiger charge is 2.34. The molecular weight excluding hydrogens is 354 g/mol. The molecule has 1 aliphatic rings. The van der Waals surface area contributed by atoms with Crippen molar-refractivity contribution < 1.29 is 14.3 Å². The molecule has 1 atom stereocenters. The Kier molecular flexibility index (Phi) is 6.31. The van der Waals surface area contributed by atoms with Crippen LogP contribution in [0.25, 0.3) is 0 Å². The van der Waals surface area contributed by atoms with E-state index in [9.17, 15) is 9.59 Å². The van der Waals surface area contributed by atoms with Crippen molar-refractivity contribution in [2.24, 2.45) is 0 Å². The molecule has 1 heterocycles. The third-order valence-corrected chi connectivity index (χ3v) is 5.07. The fourth-order valence-electron chi connectivity index (χ4n) is 3.42. The van der Waals surface area contributed by atoms with E-state index in [4.69, 9.17) is 4.74 Å². The lowest BCUT2D eigenvalue weighted by Gasteiger charge is -2.41. The van der Waals surface area contributed by atoms with E-state index >= 15 is 0 Å². The van der Waals surface area contributed by atoms with Crippen molar-refractivity contribution in [3.05, 3.63) is 60.2 Å². The minimum atomic E-state index is -0.0101. The molecule has 2 aromatic rings. The maximum absolute atomic E-state index is 12.9. The first-order chi connectivity index (χ1) is 13.5. The molecule has 3 rings (SSSR count). The molecular formula is C22H27N3O3. The van der Waals surface area contributed by atoms with E-state index in [0.717, 1.165) is 17.9 Å². The van der Waals surface area contributed by atoms with Crippen LogP contribution in [0.3, 0.4) is 0 Å². The van der Waals surface area contributed by atoms with Gasteiger partial charge in [0.15, 0.2) is 0 Å². The number of piperazine rings is 1. The van der Waals surface area contributed by atoms with Gasteiger partial charge in [0.05, 0.1) is 20.2 Å². The Bertz CT molecular complexity index is 823. The van der Waals surface area contributed by atoms with Gasteiger partial charge in [0.2, 0.25) is 11.8 Å². The summed E-state index contributed by atoms with van der Waals surface area (Å²) < 4.78 is 5.30. The molecule has 6 heteroatoms. The van der Waals surface area contributed by atoms with Gasteiger partial charge in [-0.2, -0.15) is 0 Å². The minimum Gasteiger partial charge on any atom is -0.497 e. The summed E-state index contributed by atoms with van der Waals surface area (Å²) in [6, 6.07) is 17.8. The van der Waals surface area contributed by atoms with Crippen molar-refractivity contribution in [3.8, 4) is 5.75 Å². The van der Waals surface area contributed by atoms with Crippen LogP contribution < -0.4 is 9.64 Å². The number of benzene rings is 2. The van der Waals surface area contributed by atoms with Crippen LogP contribution >= 0.6 is 0 Å². The molecule has 0 saturated carbocycles. The Labute approximate surface area is 166 Å². The fourth-order valence-corrected chi connectivity index (χ4v) is 3.42. The van der Waals surface area contributed by atoms with Crippen molar-refractivity contribution in [3.63, 3.8) is 0 Å². The van der Waals surface area contributed by atoms with Crippen LogP contribution in [0.5, 0.6) is 5.75 Å². The summed E-state index contributed by atoms with van der Waals surface area (Å²) in [5, 5.41) is 0. The fraction of sp³-hybridized carbons (Fsp3) is 0.364. The first kappa shape index (κ1) is 19.9. The molecule has 148 valence electrons. The summed E-state index contributed by atoms with van der Waals surface area (Å²) in [6.45, 7) is 0.984. The third-order valence-electron chi connectivity index (χ3n) is 5.07. The zero-order valence-electron chi connectivity index (χ0n) is 16.7. The second kappa shape index (κ2) is 8.89. The normalized spacial score (nSPS) is 17.5. The van der Waals surface area contributed by atoms with Crippen LogP contribution in [0.4, 0.5) is 5.69 Å². The maximum Gasteiger partial charge on any atom is 0.241 e. The van der Waals surface area contributed by atoms with Crippen molar-refractivity contribution in [1.29, 1.82) is 0 Å². The highest BCUT2D eigenvalue weighted by molar-refractivity contribution is 5.96. The van der Waals surface area contributed by atoms with Crippen LogP contribution in [-0.4, -0.2) is 68.5 Å². The van der Waals surface area contributed by atoms with Crippen LogP contribution in [0, 0.1) is 0 Å². The Morgan fingerprint density at radius 2 is 1.89 bits per heavy atom. The van der Waals surface area contributed by atoms with Gasteiger partial charge in [-0.25, -0.2) is 0 Å². The molecule has 0 aromatic heterocycles. The number of likely N-dealkylation sites (N-methyl/N-ethyl adjacent to an activating group) is 1. The molecule has 1 saturated heterocycles. The number of nitrogens with zero attached hydrogens (tertiary/aromatic N) is 3. The molecule has 0 bridgehead atoms. The topological polar surface area (TPSA) is 53.1 Å². The predicted molar refractivity (Wildman–Crippen MR) is 110 cm³/mol. The van der Waals surface area contributed by atoms with Crippen LogP contribution in [0.15, 0.2) is 54.6 Å². The summed E-state index contributed by atoms with van der Waals surface area (Å²) in [7, 11) is 5.09. The zero-order chi connectivity index (χ0) is 20.1. The molecule has 0 N–H and O–H groups in total. The lowest BCUT2D eigenvalue weighted by molar-refractivity contribution is -0.132. The maximum atomic E-state index is 12.9. The lowest BCUT2D eigenvalue weighted by atomic mass is 10.0. The van der Waals surface area contributed by atoms with Gasteiger partial charge in [0.1, 0.15) is 5.75 Å². The Hall–Kier alpha value is -2.86. The molecule has 0 spiro atoms. The van der Waals surface area contributed by atoms with Gasteiger partial charge in [-0.3, -0.25) is 14.5 Å². The Balaban J connectivity index is 1.84. The molecule has 6 nitrogen and oxygen atoms in total. The van der Waals surface area contributed by atoms with Gasteiger partial charge in [0, 0.05) is 38.4 Å². The lowest BCUT2D eigenvalue weighted by Crippen LogP contribution is -2.58. The van der Waals surface area contributed by atoms with E-state index in [1.54, 1.807) is 31.0 Å². The smallest absolute Gasteiger partial charge is 0.241 e. The SMILES string of the molecule is COc1cccc(N2CC(Cc3ccccc3)N(CC(=O)N(C)C)CC2=O)c1. The first-order valence-electron chi connectivity index (χ1n) is 9.40. The molecule has 1 unspecified atom stereocenters. The number of methoxy groups -OCH3 is 1. The number of anilines is 1. The predicted octanol–water partition coefficient (Wildman–Crippen LogP) is 2.04. The number of carbonyl (C=O) groups is 2. The van der Waals surface area contributed by atoms with Gasteiger partial charge >= 0.3 is 0 Å². The summed E-state index contributed by atoms with van der Waals surface area (Å²) in [6.07, 6.45) is 0.773. The second-order valence-corrected chi connectivity index (χ2v) is 7.24. The summed E-state index contributed by atoms with van der Waals surface area (Å²) in [5.74, 6) is 0.708. The highest BCUT2D eigenvalue weighted by Crippen LogP contribution is 2.25. The summed E-state index contributed by atoms with van der Waals surface area (Å²) >= 11 is 0. The Morgan fingerprint density at radius 3 is 2.57 bits per heavy atom. The molecule has 2 aromatic carbocycles. The van der Waals surface area contributed by atoms with Crippen molar-refractivity contribution in [1.82, 2.24) is 9.80 Å². The van der Waals surface area contributed by atoms with Gasteiger partial charge in [0.25, 0.3) is 0 Å². The average molecular weight is 381 g/mol. The van der Waals surface area contributed by atoms with E-state index in [0.29, 0.717) is 6.54 Å². The molecule has 2 amide bonds. The van der Waals surface area contributed by atoms with Crippen LogP contribution in [-0.2, 0) is 16.0 Å². The molecule has 28 heavy (non-hydrogen) atoms. The van der Waals surface area contributed by atoms with E-state index in [-0.39, 0.29) is 30.9 Å². The quantitative estimate of drug-likeness (QED) is 0.769. The largest absolute Gasteiger partial charge is 0.497 e. The molecule has 1 aliphatic heterocycles. The van der Waals surface area contributed by atoms with E-state index in [1.165, 1.54) is 5.56 Å². The molecule has 0 aliphatic carbocycles. The van der Waals surface area contributed by atoms with Crippen molar-refractivity contribution in [2.75, 3.05) is 45.7 Å². The minimum absolute atomic E-state index is 0.000641. The monoisotopic (exact) mass is 381 g/mol. The van der Waals surface area contributed by atoms with Gasteiger partial charge < -0.3 is 14.5 Å². The summed E-state index contributed by atoms with van der Waals surface area (Å²) in [4.78, 5) is 30.5. The number of ether oxygens (including phenoxy) is 1. The average Bonchev–Trinajstić information content (AvgIpc) is 2.70. The summed E-state index contributed by atoms with van der Waals surface area (Å²) in [5.41, 5.74) is 2.01. The van der Waals surface area contributed by atoms with Crippen LogP contribution in [0.2, 0.25) is 0 Å². The molecule has 1 fully saturated rings. The Morgan fingerprint density at radius 1 is 1.14 bits per heavy atom. The van der Waals surface area contributed by atoms with E-state index in [2.05, 4.69) is 12.1 Å². The standard InChI is InChI=1S/C22H27N3O3/c1-23(2)21(26)15-24-16-22(27)25(18-10-7-11-20(13-18)28-3)14-19(24)12-17-8-5-4-6-9-17/h4-11,13,19H,12,14-16H2,1-3H3. The number of hydrogen-bond donors (Lipinski definition) is 0.